The van der Waals surface area contributed by atoms with E-state index in [0.717, 1.165) is 12.8 Å². The molecule has 1 fully saturated rings. The standard InChI is InChI=1S/C15H14ClFN2O2/c1-9-8-12(18-21-9)13-6-3-7-19(13)15(20)14-10(16)4-2-5-11(14)17/h2,4-5,8,13H,3,6-7H2,1H3/t13-/m1/s1. The van der Waals surface area contributed by atoms with Crippen molar-refractivity contribution in [1.82, 2.24) is 10.1 Å². The lowest BCUT2D eigenvalue weighted by Gasteiger charge is -2.23. The van der Waals surface area contributed by atoms with Crippen LogP contribution in [0.3, 0.4) is 0 Å². The van der Waals surface area contributed by atoms with E-state index in [0.29, 0.717) is 18.0 Å². The van der Waals surface area contributed by atoms with Crippen molar-refractivity contribution < 1.29 is 13.7 Å². The van der Waals surface area contributed by atoms with Crippen molar-refractivity contribution >= 4 is 17.5 Å². The number of hydrogen-bond acceptors (Lipinski definition) is 3. The molecule has 2 heterocycles. The van der Waals surface area contributed by atoms with Crippen molar-refractivity contribution in [2.75, 3.05) is 6.54 Å². The lowest BCUT2D eigenvalue weighted by Crippen LogP contribution is -2.31. The molecule has 0 saturated carbocycles. The van der Waals surface area contributed by atoms with Crippen molar-refractivity contribution in [3.8, 4) is 0 Å². The molecule has 6 heteroatoms. The number of likely N-dealkylation sites (tertiary alicyclic amines) is 1. The fourth-order valence-electron chi connectivity index (χ4n) is 2.71. The lowest BCUT2D eigenvalue weighted by molar-refractivity contribution is 0.0726. The fourth-order valence-corrected chi connectivity index (χ4v) is 2.95. The number of halogens is 2. The molecule has 0 bridgehead atoms. The van der Waals surface area contributed by atoms with Gasteiger partial charge >= 0.3 is 0 Å². The van der Waals surface area contributed by atoms with Crippen molar-refractivity contribution in [3.63, 3.8) is 0 Å². The van der Waals surface area contributed by atoms with Gasteiger partial charge in [-0.1, -0.05) is 22.8 Å². The summed E-state index contributed by atoms with van der Waals surface area (Å²) < 4.78 is 19.0. The zero-order valence-corrected chi connectivity index (χ0v) is 12.2. The highest BCUT2D eigenvalue weighted by atomic mass is 35.5. The van der Waals surface area contributed by atoms with Crippen molar-refractivity contribution in [1.29, 1.82) is 0 Å². The van der Waals surface area contributed by atoms with Crippen molar-refractivity contribution in [2.24, 2.45) is 0 Å². The molecule has 0 N–H and O–H groups in total. The first-order valence-electron chi connectivity index (χ1n) is 6.76. The summed E-state index contributed by atoms with van der Waals surface area (Å²) in [7, 11) is 0. The minimum atomic E-state index is -0.602. The van der Waals surface area contributed by atoms with Crippen molar-refractivity contribution in [3.05, 3.63) is 52.1 Å². The highest BCUT2D eigenvalue weighted by molar-refractivity contribution is 6.33. The van der Waals surface area contributed by atoms with Crippen LogP contribution in [0.2, 0.25) is 5.02 Å². The van der Waals surface area contributed by atoms with E-state index in [4.69, 9.17) is 16.1 Å². The number of carbonyl (C=O) groups excluding carboxylic acids is 1. The van der Waals surface area contributed by atoms with Crippen molar-refractivity contribution in [2.45, 2.75) is 25.8 Å². The van der Waals surface area contributed by atoms with Crippen LogP contribution < -0.4 is 0 Å². The molecule has 2 aromatic rings. The third kappa shape index (κ3) is 2.53. The van der Waals surface area contributed by atoms with Crippen LogP contribution in [0.15, 0.2) is 28.8 Å². The monoisotopic (exact) mass is 308 g/mol. The fraction of sp³-hybridized carbons (Fsp3) is 0.333. The number of hydrogen-bond donors (Lipinski definition) is 0. The maximum atomic E-state index is 13.9. The summed E-state index contributed by atoms with van der Waals surface area (Å²) in [5, 5.41) is 4.10. The van der Waals surface area contributed by atoms with E-state index in [1.54, 1.807) is 17.9 Å². The number of nitrogens with zero attached hydrogens (tertiary/aromatic N) is 2. The predicted molar refractivity (Wildman–Crippen MR) is 75.7 cm³/mol. The number of benzene rings is 1. The van der Waals surface area contributed by atoms with Crippen LogP contribution in [-0.4, -0.2) is 22.5 Å². The van der Waals surface area contributed by atoms with E-state index in [1.807, 2.05) is 0 Å². The Kier molecular flexibility index (Phi) is 3.68. The molecule has 0 aliphatic carbocycles. The molecular weight excluding hydrogens is 295 g/mol. The zero-order valence-electron chi connectivity index (χ0n) is 11.5. The summed E-state index contributed by atoms with van der Waals surface area (Å²) >= 11 is 5.98. The number of rotatable bonds is 2. The van der Waals surface area contributed by atoms with Gasteiger partial charge in [-0.3, -0.25) is 4.79 Å². The van der Waals surface area contributed by atoms with Crippen LogP contribution in [0.25, 0.3) is 0 Å². The molecule has 1 aliphatic rings. The first-order valence-corrected chi connectivity index (χ1v) is 7.14. The second-order valence-electron chi connectivity index (χ2n) is 5.12. The normalized spacial score (nSPS) is 18.2. The molecule has 4 nitrogen and oxygen atoms in total. The lowest BCUT2D eigenvalue weighted by atomic mass is 10.1. The van der Waals surface area contributed by atoms with Gasteiger partial charge in [0, 0.05) is 12.6 Å². The van der Waals surface area contributed by atoms with Gasteiger partial charge in [-0.15, -0.1) is 0 Å². The SMILES string of the molecule is Cc1cc([C@H]2CCCN2C(=O)c2c(F)cccc2Cl)no1. The molecule has 1 atom stereocenters. The van der Waals surface area contributed by atoms with E-state index in [1.165, 1.54) is 18.2 Å². The maximum Gasteiger partial charge on any atom is 0.258 e. The quantitative estimate of drug-likeness (QED) is 0.848. The average molecular weight is 309 g/mol. The van der Waals surface area contributed by atoms with Gasteiger partial charge in [0.1, 0.15) is 17.3 Å². The van der Waals surface area contributed by atoms with Crippen LogP contribution in [-0.2, 0) is 0 Å². The van der Waals surface area contributed by atoms with Gasteiger partial charge in [-0.05, 0) is 31.9 Å². The van der Waals surface area contributed by atoms with Crippen LogP contribution in [0.4, 0.5) is 4.39 Å². The third-order valence-corrected chi connectivity index (χ3v) is 3.99. The van der Waals surface area contributed by atoms with E-state index < -0.39 is 11.7 Å². The molecule has 1 amide bonds. The summed E-state index contributed by atoms with van der Waals surface area (Å²) in [6, 6.07) is 5.86. The maximum absolute atomic E-state index is 13.9. The Labute approximate surface area is 126 Å². The molecule has 3 rings (SSSR count). The number of amides is 1. The molecule has 1 saturated heterocycles. The first kappa shape index (κ1) is 14.1. The molecule has 0 spiro atoms. The van der Waals surface area contributed by atoms with Gasteiger partial charge in [0.25, 0.3) is 5.91 Å². The van der Waals surface area contributed by atoms with Gasteiger partial charge in [-0.2, -0.15) is 0 Å². The molecule has 110 valence electrons. The van der Waals surface area contributed by atoms with Gasteiger partial charge in [-0.25, -0.2) is 4.39 Å². The van der Waals surface area contributed by atoms with E-state index in [-0.39, 0.29) is 16.6 Å². The smallest absolute Gasteiger partial charge is 0.258 e. The van der Waals surface area contributed by atoms with Crippen LogP contribution >= 0.6 is 11.6 Å². The Hall–Kier alpha value is -1.88. The Morgan fingerprint density at radius 1 is 1.52 bits per heavy atom. The molecule has 0 unspecified atom stereocenters. The molecule has 0 radical (unpaired) electrons. The van der Waals surface area contributed by atoms with Gasteiger partial charge in [0.15, 0.2) is 0 Å². The summed E-state index contributed by atoms with van der Waals surface area (Å²) in [6.45, 7) is 2.35. The summed E-state index contributed by atoms with van der Waals surface area (Å²) in [4.78, 5) is 14.2. The molecule has 1 aliphatic heterocycles. The van der Waals surface area contributed by atoms with E-state index in [2.05, 4.69) is 5.16 Å². The van der Waals surface area contributed by atoms with Gasteiger partial charge in [0.2, 0.25) is 0 Å². The minimum Gasteiger partial charge on any atom is -0.361 e. The second-order valence-corrected chi connectivity index (χ2v) is 5.52. The van der Waals surface area contributed by atoms with Crippen LogP contribution in [0.5, 0.6) is 0 Å². The number of aryl methyl sites for hydroxylation is 1. The number of carbonyl (C=O) groups is 1. The molecular formula is C15H14ClFN2O2. The number of aromatic nitrogens is 1. The summed E-state index contributed by atoms with van der Waals surface area (Å²) in [5.74, 6) is -0.316. The average Bonchev–Trinajstić information content (AvgIpc) is 3.06. The second kappa shape index (κ2) is 5.48. The molecule has 1 aromatic carbocycles. The Balaban J connectivity index is 1.93. The topological polar surface area (TPSA) is 46.3 Å². The highest BCUT2D eigenvalue weighted by Crippen LogP contribution is 2.34. The van der Waals surface area contributed by atoms with E-state index in [9.17, 15) is 9.18 Å². The van der Waals surface area contributed by atoms with Crippen LogP contribution in [0, 0.1) is 12.7 Å². The third-order valence-electron chi connectivity index (χ3n) is 3.68. The summed E-state index contributed by atoms with van der Waals surface area (Å²) in [6.07, 6.45) is 1.62. The summed E-state index contributed by atoms with van der Waals surface area (Å²) in [5.41, 5.74) is 0.622. The van der Waals surface area contributed by atoms with Gasteiger partial charge < -0.3 is 9.42 Å². The highest BCUT2D eigenvalue weighted by Gasteiger charge is 2.34. The first-order chi connectivity index (χ1) is 10.1. The molecule has 1 aromatic heterocycles. The predicted octanol–water partition coefficient (Wildman–Crippen LogP) is 3.75. The largest absolute Gasteiger partial charge is 0.361 e. The minimum absolute atomic E-state index is 0.0775. The van der Waals surface area contributed by atoms with Gasteiger partial charge in [0.05, 0.1) is 16.6 Å². The Morgan fingerprint density at radius 3 is 3.00 bits per heavy atom. The van der Waals surface area contributed by atoms with E-state index >= 15 is 0 Å². The Morgan fingerprint density at radius 2 is 2.33 bits per heavy atom. The zero-order chi connectivity index (χ0) is 15.0. The Bertz CT molecular complexity index is 666. The molecule has 21 heavy (non-hydrogen) atoms. The van der Waals surface area contributed by atoms with Crippen LogP contribution in [0.1, 0.15) is 40.7 Å².